The number of hydrogen-bond acceptors (Lipinski definition) is 4. The van der Waals surface area contributed by atoms with Crippen LogP contribution < -0.4 is 5.43 Å². The molecule has 1 unspecified atom stereocenters. The monoisotopic (exact) mass is 318 g/mol. The largest absolute Gasteiger partial charge is 0.297 e. The molecule has 2 aromatic rings. The van der Waals surface area contributed by atoms with Gasteiger partial charge in [-0.3, -0.25) is 9.20 Å². The zero-order valence-electron chi connectivity index (χ0n) is 13.3. The Hall–Kier alpha value is -1.69. The van der Waals surface area contributed by atoms with Crippen molar-refractivity contribution in [2.45, 2.75) is 46.5 Å². The molecule has 1 saturated carbocycles. The zero-order chi connectivity index (χ0) is 15.7. The SMILES string of the molecule is CC1C/C(=N/NC(=O)Cc2cn3ccsc3n2)CC(C)(C)C1. The number of carbonyl (C=O) groups is 1. The van der Waals surface area contributed by atoms with Gasteiger partial charge in [-0.2, -0.15) is 5.10 Å². The summed E-state index contributed by atoms with van der Waals surface area (Å²) in [5, 5.41) is 6.33. The van der Waals surface area contributed by atoms with Crippen LogP contribution in [0.4, 0.5) is 0 Å². The van der Waals surface area contributed by atoms with Gasteiger partial charge in [-0.25, -0.2) is 10.4 Å². The quantitative estimate of drug-likeness (QED) is 0.883. The highest BCUT2D eigenvalue weighted by Gasteiger charge is 2.29. The van der Waals surface area contributed by atoms with E-state index in [9.17, 15) is 4.79 Å². The fourth-order valence-electron chi connectivity index (χ4n) is 3.41. The lowest BCUT2D eigenvalue weighted by molar-refractivity contribution is -0.120. The second-order valence-corrected chi connectivity index (χ2v) is 7.94. The molecule has 0 spiro atoms. The molecule has 2 heterocycles. The van der Waals surface area contributed by atoms with Crippen molar-refractivity contribution in [2.24, 2.45) is 16.4 Å². The number of carbonyl (C=O) groups excluding carboxylic acids is 1. The van der Waals surface area contributed by atoms with Crippen LogP contribution in [0.15, 0.2) is 22.9 Å². The molecule has 1 atom stereocenters. The lowest BCUT2D eigenvalue weighted by Crippen LogP contribution is -2.30. The van der Waals surface area contributed by atoms with Gasteiger partial charge in [0, 0.05) is 23.5 Å². The Morgan fingerprint density at radius 3 is 3.14 bits per heavy atom. The van der Waals surface area contributed by atoms with Gasteiger partial charge in [0.05, 0.1) is 12.1 Å². The van der Waals surface area contributed by atoms with Crippen LogP contribution in [0.25, 0.3) is 4.96 Å². The van der Waals surface area contributed by atoms with E-state index in [0.29, 0.717) is 5.92 Å². The van der Waals surface area contributed by atoms with Crippen LogP contribution in [-0.4, -0.2) is 21.0 Å². The molecule has 1 N–H and O–H groups in total. The van der Waals surface area contributed by atoms with E-state index in [1.54, 1.807) is 11.3 Å². The molecule has 0 bridgehead atoms. The average Bonchev–Trinajstić information content (AvgIpc) is 2.94. The smallest absolute Gasteiger partial charge is 0.246 e. The summed E-state index contributed by atoms with van der Waals surface area (Å²) in [4.78, 5) is 17.4. The molecule has 0 radical (unpaired) electrons. The molecule has 1 amide bonds. The Kier molecular flexibility index (Phi) is 4.04. The van der Waals surface area contributed by atoms with Gasteiger partial charge < -0.3 is 0 Å². The normalized spacial score (nSPS) is 23.0. The number of nitrogens with one attached hydrogen (secondary N) is 1. The molecule has 0 saturated heterocycles. The third kappa shape index (κ3) is 3.55. The van der Waals surface area contributed by atoms with Gasteiger partial charge in [0.25, 0.3) is 0 Å². The first-order chi connectivity index (χ1) is 10.4. The van der Waals surface area contributed by atoms with Gasteiger partial charge in [0.15, 0.2) is 4.96 Å². The fourth-order valence-corrected chi connectivity index (χ4v) is 4.13. The van der Waals surface area contributed by atoms with Gasteiger partial charge in [0.2, 0.25) is 5.91 Å². The summed E-state index contributed by atoms with van der Waals surface area (Å²) in [6, 6.07) is 0. The Morgan fingerprint density at radius 2 is 2.41 bits per heavy atom. The van der Waals surface area contributed by atoms with Crippen molar-refractivity contribution >= 4 is 27.9 Å². The van der Waals surface area contributed by atoms with Gasteiger partial charge in [-0.15, -0.1) is 11.3 Å². The third-order valence-corrected chi connectivity index (χ3v) is 4.76. The number of hydrogen-bond donors (Lipinski definition) is 1. The third-order valence-electron chi connectivity index (χ3n) is 3.99. The number of hydrazone groups is 1. The first-order valence-electron chi connectivity index (χ1n) is 7.67. The van der Waals surface area contributed by atoms with E-state index < -0.39 is 0 Å². The Labute approximate surface area is 134 Å². The molecule has 2 aromatic heterocycles. The molecule has 22 heavy (non-hydrogen) atoms. The molecule has 5 nitrogen and oxygen atoms in total. The van der Waals surface area contributed by atoms with Crippen LogP contribution in [-0.2, 0) is 11.2 Å². The summed E-state index contributed by atoms with van der Waals surface area (Å²) in [7, 11) is 0. The first kappa shape index (κ1) is 15.2. The van der Waals surface area contributed by atoms with E-state index >= 15 is 0 Å². The van der Waals surface area contributed by atoms with E-state index in [-0.39, 0.29) is 17.7 Å². The molecule has 0 aromatic carbocycles. The average molecular weight is 318 g/mol. The molecular formula is C16H22N4OS. The van der Waals surface area contributed by atoms with Crippen molar-refractivity contribution in [1.82, 2.24) is 14.8 Å². The summed E-state index contributed by atoms with van der Waals surface area (Å²) in [6.45, 7) is 6.77. The molecule has 118 valence electrons. The highest BCUT2D eigenvalue weighted by molar-refractivity contribution is 7.15. The first-order valence-corrected chi connectivity index (χ1v) is 8.55. The van der Waals surface area contributed by atoms with Crippen LogP contribution in [0.5, 0.6) is 0 Å². The number of nitrogens with zero attached hydrogens (tertiary/aromatic N) is 3. The number of aromatic nitrogens is 2. The highest BCUT2D eigenvalue weighted by atomic mass is 32.1. The Bertz CT molecular complexity index is 684. The van der Waals surface area contributed by atoms with Gasteiger partial charge in [-0.05, 0) is 30.6 Å². The molecule has 1 fully saturated rings. The predicted octanol–water partition coefficient (Wildman–Crippen LogP) is 3.26. The van der Waals surface area contributed by atoms with Crippen LogP contribution in [0, 0.1) is 11.3 Å². The molecular weight excluding hydrogens is 296 g/mol. The summed E-state index contributed by atoms with van der Waals surface area (Å²) in [6.07, 6.45) is 7.25. The molecule has 0 aliphatic heterocycles. The highest BCUT2D eigenvalue weighted by Crippen LogP contribution is 2.36. The second kappa shape index (κ2) is 5.83. The van der Waals surface area contributed by atoms with E-state index in [1.165, 1.54) is 6.42 Å². The maximum Gasteiger partial charge on any atom is 0.246 e. The van der Waals surface area contributed by atoms with Crippen molar-refractivity contribution < 1.29 is 4.79 Å². The predicted molar refractivity (Wildman–Crippen MR) is 89.1 cm³/mol. The summed E-state index contributed by atoms with van der Waals surface area (Å²) >= 11 is 1.56. The van der Waals surface area contributed by atoms with Crippen LogP contribution >= 0.6 is 11.3 Å². The summed E-state index contributed by atoms with van der Waals surface area (Å²) in [5.74, 6) is 0.522. The maximum atomic E-state index is 12.0. The Morgan fingerprint density at radius 1 is 1.59 bits per heavy atom. The summed E-state index contributed by atoms with van der Waals surface area (Å²) < 4.78 is 1.94. The van der Waals surface area contributed by atoms with E-state index in [0.717, 1.165) is 29.2 Å². The number of fused-ring (bicyclic) bond motifs is 1. The number of thiazole rings is 1. The molecule has 1 aliphatic rings. The van der Waals surface area contributed by atoms with Gasteiger partial charge in [0.1, 0.15) is 0 Å². The lowest BCUT2D eigenvalue weighted by Gasteiger charge is -2.34. The van der Waals surface area contributed by atoms with Crippen molar-refractivity contribution in [3.63, 3.8) is 0 Å². The van der Waals surface area contributed by atoms with Crippen LogP contribution in [0.2, 0.25) is 0 Å². The minimum Gasteiger partial charge on any atom is -0.297 e. The fraction of sp³-hybridized carbons (Fsp3) is 0.562. The van der Waals surface area contributed by atoms with Crippen LogP contribution in [0.1, 0.15) is 45.7 Å². The number of rotatable bonds is 3. The minimum absolute atomic E-state index is 0.103. The number of amides is 1. The summed E-state index contributed by atoms with van der Waals surface area (Å²) in [5.41, 5.74) is 4.85. The van der Waals surface area contributed by atoms with Gasteiger partial charge in [-0.1, -0.05) is 20.8 Å². The van der Waals surface area contributed by atoms with E-state index in [2.05, 4.69) is 36.3 Å². The van der Waals surface area contributed by atoms with Gasteiger partial charge >= 0.3 is 0 Å². The standard InChI is InChI=1S/C16H22N4OS/c1-11-6-12(9-16(2,3)8-11)18-19-14(21)7-13-10-20-4-5-22-15(20)17-13/h4-5,10-11H,6-9H2,1-3H3,(H,19,21)/b18-12-. The number of imidazole rings is 1. The van der Waals surface area contributed by atoms with Crippen molar-refractivity contribution in [2.75, 3.05) is 0 Å². The topological polar surface area (TPSA) is 58.8 Å². The second-order valence-electron chi connectivity index (χ2n) is 7.07. The maximum absolute atomic E-state index is 12.0. The molecule has 3 rings (SSSR count). The molecule has 1 aliphatic carbocycles. The Balaban J connectivity index is 1.59. The minimum atomic E-state index is -0.103. The lowest BCUT2D eigenvalue weighted by atomic mass is 9.72. The van der Waals surface area contributed by atoms with Crippen molar-refractivity contribution in [1.29, 1.82) is 0 Å². The van der Waals surface area contributed by atoms with E-state index in [1.807, 2.05) is 22.2 Å². The molecule has 6 heteroatoms. The van der Waals surface area contributed by atoms with Crippen molar-refractivity contribution in [3.8, 4) is 0 Å². The van der Waals surface area contributed by atoms with E-state index in [4.69, 9.17) is 0 Å². The van der Waals surface area contributed by atoms with Crippen molar-refractivity contribution in [3.05, 3.63) is 23.5 Å². The van der Waals surface area contributed by atoms with Crippen LogP contribution in [0.3, 0.4) is 0 Å². The zero-order valence-corrected chi connectivity index (χ0v) is 14.1.